The SMILES string of the molecule is CCN(CC)c1ccc([C@@H](CO)N2CCNCC2)c(O)c1.Cl. The second kappa shape index (κ2) is 9.20. The number of anilines is 1. The quantitative estimate of drug-likeness (QED) is 0.740. The van der Waals surface area contributed by atoms with Gasteiger partial charge < -0.3 is 20.4 Å². The van der Waals surface area contributed by atoms with Crippen molar-refractivity contribution < 1.29 is 10.2 Å². The first-order valence-electron chi connectivity index (χ1n) is 7.84. The number of phenols is 1. The van der Waals surface area contributed by atoms with Crippen molar-refractivity contribution in [1.29, 1.82) is 0 Å². The van der Waals surface area contributed by atoms with Crippen LogP contribution < -0.4 is 10.2 Å². The number of benzene rings is 1. The lowest BCUT2D eigenvalue weighted by atomic mass is 10.0. The Morgan fingerprint density at radius 1 is 1.23 bits per heavy atom. The van der Waals surface area contributed by atoms with Crippen LogP contribution in [0.2, 0.25) is 0 Å². The molecule has 0 saturated carbocycles. The lowest BCUT2D eigenvalue weighted by Crippen LogP contribution is -2.46. The molecule has 6 heteroatoms. The highest BCUT2D eigenvalue weighted by Crippen LogP contribution is 2.32. The number of halogens is 1. The number of aliphatic hydroxyl groups is 1. The van der Waals surface area contributed by atoms with Crippen molar-refractivity contribution in [1.82, 2.24) is 10.2 Å². The first-order chi connectivity index (χ1) is 10.2. The van der Waals surface area contributed by atoms with E-state index in [2.05, 4.69) is 29.0 Å². The number of piperazine rings is 1. The topological polar surface area (TPSA) is 59.0 Å². The van der Waals surface area contributed by atoms with E-state index in [1.807, 2.05) is 18.2 Å². The first kappa shape index (κ1) is 19.0. The molecule has 0 unspecified atom stereocenters. The van der Waals surface area contributed by atoms with Crippen molar-refractivity contribution in [2.24, 2.45) is 0 Å². The van der Waals surface area contributed by atoms with Crippen LogP contribution in [-0.2, 0) is 0 Å². The van der Waals surface area contributed by atoms with Crippen LogP contribution in [0.5, 0.6) is 5.75 Å². The van der Waals surface area contributed by atoms with Gasteiger partial charge in [0.2, 0.25) is 0 Å². The van der Waals surface area contributed by atoms with E-state index < -0.39 is 0 Å². The van der Waals surface area contributed by atoms with Crippen molar-refractivity contribution in [3.8, 4) is 5.75 Å². The van der Waals surface area contributed by atoms with Crippen LogP contribution in [0.15, 0.2) is 18.2 Å². The third-order valence-corrected chi connectivity index (χ3v) is 4.27. The minimum atomic E-state index is -0.127. The molecule has 0 spiro atoms. The molecular formula is C16H28ClN3O2. The highest BCUT2D eigenvalue weighted by Gasteiger charge is 2.24. The summed E-state index contributed by atoms with van der Waals surface area (Å²) in [7, 11) is 0. The molecule has 1 aliphatic rings. The van der Waals surface area contributed by atoms with Crippen molar-refractivity contribution in [3.63, 3.8) is 0 Å². The van der Waals surface area contributed by atoms with Gasteiger partial charge in [0.1, 0.15) is 5.75 Å². The van der Waals surface area contributed by atoms with Gasteiger partial charge in [0, 0.05) is 56.6 Å². The number of aromatic hydroxyl groups is 1. The van der Waals surface area contributed by atoms with Gasteiger partial charge in [-0.3, -0.25) is 4.90 Å². The number of nitrogens with zero attached hydrogens (tertiary/aromatic N) is 2. The Morgan fingerprint density at radius 2 is 1.86 bits per heavy atom. The number of hydrogen-bond donors (Lipinski definition) is 3. The van der Waals surface area contributed by atoms with E-state index in [0.717, 1.165) is 50.5 Å². The number of aliphatic hydroxyl groups excluding tert-OH is 1. The maximum Gasteiger partial charge on any atom is 0.122 e. The molecule has 1 fully saturated rings. The zero-order chi connectivity index (χ0) is 15.2. The molecule has 1 heterocycles. The van der Waals surface area contributed by atoms with Gasteiger partial charge >= 0.3 is 0 Å². The summed E-state index contributed by atoms with van der Waals surface area (Å²) in [5, 5.41) is 23.4. The maximum absolute atomic E-state index is 10.4. The molecule has 5 nitrogen and oxygen atoms in total. The number of phenolic OH excluding ortho intramolecular Hbond substituents is 1. The van der Waals surface area contributed by atoms with Crippen LogP contribution in [0.3, 0.4) is 0 Å². The molecule has 2 rings (SSSR count). The lowest BCUT2D eigenvalue weighted by Gasteiger charge is -2.34. The number of nitrogens with one attached hydrogen (secondary N) is 1. The van der Waals surface area contributed by atoms with Gasteiger partial charge in [-0.15, -0.1) is 12.4 Å². The Hall–Kier alpha value is -1.01. The predicted molar refractivity (Wildman–Crippen MR) is 93.2 cm³/mol. The lowest BCUT2D eigenvalue weighted by molar-refractivity contribution is 0.109. The Labute approximate surface area is 139 Å². The molecule has 0 bridgehead atoms. The summed E-state index contributed by atoms with van der Waals surface area (Å²) in [6.45, 7) is 9.69. The molecular weight excluding hydrogens is 302 g/mol. The van der Waals surface area contributed by atoms with Crippen molar-refractivity contribution >= 4 is 18.1 Å². The van der Waals surface area contributed by atoms with Crippen LogP contribution in [-0.4, -0.2) is 61.0 Å². The van der Waals surface area contributed by atoms with E-state index in [9.17, 15) is 10.2 Å². The summed E-state index contributed by atoms with van der Waals surface area (Å²) in [6.07, 6.45) is 0. The summed E-state index contributed by atoms with van der Waals surface area (Å²) >= 11 is 0. The zero-order valence-electron chi connectivity index (χ0n) is 13.5. The minimum absolute atomic E-state index is 0. The van der Waals surface area contributed by atoms with Gasteiger partial charge in [0.05, 0.1) is 12.6 Å². The monoisotopic (exact) mass is 329 g/mol. The molecule has 1 aromatic rings. The summed E-state index contributed by atoms with van der Waals surface area (Å²) in [4.78, 5) is 4.42. The Bertz CT molecular complexity index is 449. The van der Waals surface area contributed by atoms with Crippen LogP contribution >= 0.6 is 12.4 Å². The number of rotatable bonds is 6. The van der Waals surface area contributed by atoms with Gasteiger partial charge in [0.25, 0.3) is 0 Å². The molecule has 1 atom stereocenters. The largest absolute Gasteiger partial charge is 0.508 e. The third kappa shape index (κ3) is 4.26. The van der Waals surface area contributed by atoms with Gasteiger partial charge in [-0.2, -0.15) is 0 Å². The molecule has 3 N–H and O–H groups in total. The fourth-order valence-corrected chi connectivity index (χ4v) is 3.00. The standard InChI is InChI=1S/C16H27N3O2.ClH/c1-3-18(4-2)13-5-6-14(16(21)11-13)15(12-20)19-9-7-17-8-10-19;/h5-6,11,15,17,20-21H,3-4,7-10,12H2,1-2H3;1H/t15-;/m1./s1. The molecule has 126 valence electrons. The smallest absolute Gasteiger partial charge is 0.122 e. The highest BCUT2D eigenvalue weighted by atomic mass is 35.5. The van der Waals surface area contributed by atoms with Gasteiger partial charge in [-0.05, 0) is 19.9 Å². The molecule has 1 aromatic carbocycles. The van der Waals surface area contributed by atoms with Crippen LogP contribution in [0, 0.1) is 0 Å². The Kier molecular flexibility index (Phi) is 7.96. The fourth-order valence-electron chi connectivity index (χ4n) is 3.00. The van der Waals surface area contributed by atoms with Crippen molar-refractivity contribution in [3.05, 3.63) is 23.8 Å². The van der Waals surface area contributed by atoms with E-state index >= 15 is 0 Å². The molecule has 0 aliphatic carbocycles. The summed E-state index contributed by atoms with van der Waals surface area (Å²) in [6, 6.07) is 5.67. The average Bonchev–Trinajstić information content (AvgIpc) is 2.52. The molecule has 0 amide bonds. The van der Waals surface area contributed by atoms with Gasteiger partial charge in [-0.25, -0.2) is 0 Å². The van der Waals surface area contributed by atoms with E-state index in [1.165, 1.54) is 0 Å². The maximum atomic E-state index is 10.4. The number of hydrogen-bond acceptors (Lipinski definition) is 5. The molecule has 1 saturated heterocycles. The van der Waals surface area contributed by atoms with E-state index in [4.69, 9.17) is 0 Å². The van der Waals surface area contributed by atoms with E-state index in [1.54, 1.807) is 0 Å². The van der Waals surface area contributed by atoms with Crippen LogP contribution in [0.4, 0.5) is 5.69 Å². The van der Waals surface area contributed by atoms with Crippen molar-refractivity contribution in [2.45, 2.75) is 19.9 Å². The van der Waals surface area contributed by atoms with E-state index in [-0.39, 0.29) is 30.8 Å². The van der Waals surface area contributed by atoms with Gasteiger partial charge in [-0.1, -0.05) is 6.07 Å². The summed E-state index contributed by atoms with van der Waals surface area (Å²) < 4.78 is 0. The fraction of sp³-hybridized carbons (Fsp3) is 0.625. The first-order valence-corrected chi connectivity index (χ1v) is 7.84. The van der Waals surface area contributed by atoms with Crippen molar-refractivity contribution in [2.75, 3.05) is 50.8 Å². The third-order valence-electron chi connectivity index (χ3n) is 4.27. The second-order valence-electron chi connectivity index (χ2n) is 5.40. The van der Waals surface area contributed by atoms with Gasteiger partial charge in [0.15, 0.2) is 0 Å². The Morgan fingerprint density at radius 3 is 2.36 bits per heavy atom. The average molecular weight is 330 g/mol. The molecule has 22 heavy (non-hydrogen) atoms. The molecule has 1 aliphatic heterocycles. The zero-order valence-corrected chi connectivity index (χ0v) is 14.3. The molecule has 0 radical (unpaired) electrons. The Balaban J connectivity index is 0.00000242. The summed E-state index contributed by atoms with van der Waals surface area (Å²) in [5.74, 6) is 0.275. The minimum Gasteiger partial charge on any atom is -0.508 e. The van der Waals surface area contributed by atoms with E-state index in [0.29, 0.717) is 0 Å². The second-order valence-corrected chi connectivity index (χ2v) is 5.40. The van der Waals surface area contributed by atoms with Crippen LogP contribution in [0.1, 0.15) is 25.5 Å². The summed E-state index contributed by atoms with van der Waals surface area (Å²) in [5.41, 5.74) is 1.84. The highest BCUT2D eigenvalue weighted by molar-refractivity contribution is 5.85. The van der Waals surface area contributed by atoms with Crippen LogP contribution in [0.25, 0.3) is 0 Å². The molecule has 0 aromatic heterocycles. The normalized spacial score (nSPS) is 16.9. The predicted octanol–water partition coefficient (Wildman–Crippen LogP) is 1.60.